The quantitative estimate of drug-likeness (QED) is 0.576. The number of alkyl carbamates (subject to hydrolysis) is 1. The Morgan fingerprint density at radius 2 is 1.57 bits per heavy atom. The maximum atomic E-state index is 12.6. The molecule has 3 N–H and O–H groups in total. The van der Waals surface area contributed by atoms with Gasteiger partial charge in [-0.15, -0.1) is 22.7 Å². The molecule has 11 heteroatoms. The average Bonchev–Trinajstić information content (AvgIpc) is 3.27. The van der Waals surface area contributed by atoms with Gasteiger partial charge in [0.15, 0.2) is 5.69 Å². The number of nitrogens with zero attached hydrogens (tertiary/aromatic N) is 2. The van der Waals surface area contributed by atoms with E-state index in [9.17, 15) is 14.4 Å². The van der Waals surface area contributed by atoms with Crippen molar-refractivity contribution in [1.29, 1.82) is 0 Å². The summed E-state index contributed by atoms with van der Waals surface area (Å²) in [5, 5.41) is 18.7. The minimum Gasteiger partial charge on any atom is -0.476 e. The van der Waals surface area contributed by atoms with E-state index in [1.165, 1.54) is 16.7 Å². The third kappa shape index (κ3) is 6.49. The van der Waals surface area contributed by atoms with Crippen LogP contribution in [0.4, 0.5) is 4.79 Å². The zero-order chi connectivity index (χ0) is 22.6. The first-order chi connectivity index (χ1) is 13.9. The first kappa shape index (κ1) is 23.7. The summed E-state index contributed by atoms with van der Waals surface area (Å²) in [6.45, 7) is 10.9. The Balaban J connectivity index is 2.07. The maximum Gasteiger partial charge on any atom is 0.408 e. The van der Waals surface area contributed by atoms with Crippen LogP contribution < -0.4 is 10.6 Å². The molecule has 0 spiro atoms. The molecule has 0 saturated carbocycles. The number of carbonyl (C=O) groups is 3. The first-order valence-electron chi connectivity index (χ1n) is 9.32. The zero-order valence-corrected chi connectivity index (χ0v) is 19.3. The van der Waals surface area contributed by atoms with Crippen LogP contribution in [0.5, 0.6) is 0 Å². The number of nitrogens with one attached hydrogen (secondary N) is 2. The van der Waals surface area contributed by atoms with Gasteiger partial charge in [0.1, 0.15) is 21.3 Å². The van der Waals surface area contributed by atoms with Gasteiger partial charge in [-0.3, -0.25) is 4.79 Å². The Bertz CT molecular complexity index is 916. The lowest BCUT2D eigenvalue weighted by Crippen LogP contribution is -2.36. The number of rotatable bonds is 7. The van der Waals surface area contributed by atoms with Gasteiger partial charge in [0.05, 0.1) is 12.1 Å². The van der Waals surface area contributed by atoms with Gasteiger partial charge in [-0.25, -0.2) is 19.6 Å². The molecule has 0 fully saturated rings. The molecule has 2 aromatic rings. The summed E-state index contributed by atoms with van der Waals surface area (Å²) in [7, 11) is 0. The first-order valence-corrected chi connectivity index (χ1v) is 11.1. The van der Waals surface area contributed by atoms with E-state index in [1.807, 2.05) is 13.8 Å². The molecule has 2 amide bonds. The van der Waals surface area contributed by atoms with Crippen molar-refractivity contribution in [2.24, 2.45) is 5.92 Å². The van der Waals surface area contributed by atoms with Gasteiger partial charge in [0, 0.05) is 10.8 Å². The number of hydrogen-bond donors (Lipinski definition) is 3. The molecule has 2 aromatic heterocycles. The van der Waals surface area contributed by atoms with E-state index >= 15 is 0 Å². The molecule has 0 unspecified atom stereocenters. The molecule has 9 nitrogen and oxygen atoms in total. The normalized spacial score (nSPS) is 13.6. The van der Waals surface area contributed by atoms with E-state index in [-0.39, 0.29) is 17.3 Å². The molecule has 0 aliphatic rings. The molecule has 0 aliphatic carbocycles. The molecule has 164 valence electrons. The summed E-state index contributed by atoms with van der Waals surface area (Å²) < 4.78 is 5.31. The molecule has 0 bridgehead atoms. The second-order valence-corrected chi connectivity index (χ2v) is 9.79. The Morgan fingerprint density at radius 1 is 1.00 bits per heavy atom. The van der Waals surface area contributed by atoms with Crippen LogP contribution in [-0.2, 0) is 4.74 Å². The van der Waals surface area contributed by atoms with Crippen LogP contribution in [0.15, 0.2) is 10.8 Å². The van der Waals surface area contributed by atoms with Gasteiger partial charge in [0.25, 0.3) is 5.91 Å². The fourth-order valence-corrected chi connectivity index (χ4v) is 4.22. The third-order valence-electron chi connectivity index (χ3n) is 3.82. The van der Waals surface area contributed by atoms with Gasteiger partial charge in [0.2, 0.25) is 0 Å². The van der Waals surface area contributed by atoms with Crippen molar-refractivity contribution in [2.45, 2.75) is 59.2 Å². The van der Waals surface area contributed by atoms with Crippen molar-refractivity contribution >= 4 is 40.6 Å². The second kappa shape index (κ2) is 9.52. The minimum atomic E-state index is -1.11. The Kier molecular flexibility index (Phi) is 7.54. The number of carbonyl (C=O) groups excluding carboxylic acids is 2. The summed E-state index contributed by atoms with van der Waals surface area (Å²) in [5.41, 5.74) is -0.458. The Labute approximate surface area is 182 Å². The highest BCUT2D eigenvalue weighted by molar-refractivity contribution is 7.10. The summed E-state index contributed by atoms with van der Waals surface area (Å²) in [6, 6.07) is -0.873. The van der Waals surface area contributed by atoms with Crippen LogP contribution in [-0.4, -0.2) is 38.6 Å². The molecule has 2 heterocycles. The lowest BCUT2D eigenvalue weighted by Gasteiger charge is -2.24. The van der Waals surface area contributed by atoms with Crippen LogP contribution in [0.1, 0.15) is 84.6 Å². The smallest absolute Gasteiger partial charge is 0.408 e. The van der Waals surface area contributed by atoms with Crippen LogP contribution in [0.3, 0.4) is 0 Å². The largest absolute Gasteiger partial charge is 0.476 e. The molecule has 2 atom stereocenters. The minimum absolute atomic E-state index is 0.0308. The lowest BCUT2D eigenvalue weighted by atomic mass is 10.1. The number of hydrogen-bond acceptors (Lipinski definition) is 8. The number of amides is 2. The molecule has 0 aromatic carbocycles. The fourth-order valence-electron chi connectivity index (χ4n) is 2.40. The summed E-state index contributed by atoms with van der Waals surface area (Å²) >= 11 is 2.43. The highest BCUT2D eigenvalue weighted by Crippen LogP contribution is 2.26. The topological polar surface area (TPSA) is 131 Å². The maximum absolute atomic E-state index is 12.6. The highest BCUT2D eigenvalue weighted by Gasteiger charge is 2.26. The van der Waals surface area contributed by atoms with Crippen molar-refractivity contribution in [1.82, 2.24) is 20.6 Å². The summed E-state index contributed by atoms with van der Waals surface area (Å²) in [4.78, 5) is 44.1. The number of ether oxygens (including phenoxy) is 1. The number of carboxylic acid groups (broad SMARTS) is 1. The predicted octanol–water partition coefficient (Wildman–Crippen LogP) is 4.01. The third-order valence-corrected chi connectivity index (χ3v) is 5.77. The predicted molar refractivity (Wildman–Crippen MR) is 114 cm³/mol. The fraction of sp³-hybridized carbons (Fsp3) is 0.526. The molecular weight excluding hydrogens is 428 g/mol. The highest BCUT2D eigenvalue weighted by atomic mass is 32.1. The Morgan fingerprint density at radius 3 is 2.10 bits per heavy atom. The van der Waals surface area contributed by atoms with Gasteiger partial charge >= 0.3 is 12.1 Å². The molecule has 30 heavy (non-hydrogen) atoms. The van der Waals surface area contributed by atoms with Crippen molar-refractivity contribution in [3.05, 3.63) is 32.2 Å². The molecule has 0 saturated heterocycles. The second-order valence-electron chi connectivity index (χ2n) is 8.01. The van der Waals surface area contributed by atoms with E-state index < -0.39 is 35.7 Å². The molecule has 2 rings (SSSR count). The number of aromatic carboxylic acids is 1. The SMILES string of the molecule is CC(C)[C@H](NC(=O)OC(C)(C)C)c1nc(C(=O)N[C@@H](C)c2nc(C(=O)O)cs2)cs1. The molecule has 0 aliphatic heterocycles. The van der Waals surface area contributed by atoms with Gasteiger partial charge in [-0.1, -0.05) is 13.8 Å². The van der Waals surface area contributed by atoms with Gasteiger partial charge < -0.3 is 20.5 Å². The van der Waals surface area contributed by atoms with Crippen molar-refractivity contribution in [3.8, 4) is 0 Å². The number of carboxylic acids is 1. The van der Waals surface area contributed by atoms with Crippen LogP contribution in [0.2, 0.25) is 0 Å². The lowest BCUT2D eigenvalue weighted by molar-refractivity contribution is 0.0489. The summed E-state index contributed by atoms with van der Waals surface area (Å²) in [5.74, 6) is -1.49. The van der Waals surface area contributed by atoms with E-state index in [2.05, 4.69) is 20.6 Å². The van der Waals surface area contributed by atoms with Gasteiger partial charge in [-0.2, -0.15) is 0 Å². The van der Waals surface area contributed by atoms with Gasteiger partial charge in [-0.05, 0) is 33.6 Å². The number of thiazole rings is 2. The van der Waals surface area contributed by atoms with Crippen molar-refractivity contribution < 1.29 is 24.2 Å². The van der Waals surface area contributed by atoms with Crippen molar-refractivity contribution in [2.75, 3.05) is 0 Å². The Hall–Kier alpha value is -2.53. The standard InChI is InChI=1S/C19H26N4O5S2/c1-9(2)13(23-18(27)28-19(4,5)6)16-21-11(7-30-16)14(24)20-10(3)15-22-12(8-29-15)17(25)26/h7-10,13H,1-6H3,(H,20,24)(H,23,27)(H,25,26)/t10-,13-/m0/s1. The van der Waals surface area contributed by atoms with E-state index in [1.54, 1.807) is 33.1 Å². The molecular formula is C19H26N4O5S2. The average molecular weight is 455 g/mol. The van der Waals surface area contributed by atoms with E-state index in [0.29, 0.717) is 10.0 Å². The van der Waals surface area contributed by atoms with Crippen molar-refractivity contribution in [3.63, 3.8) is 0 Å². The monoisotopic (exact) mass is 454 g/mol. The van der Waals surface area contributed by atoms with Crippen LogP contribution in [0, 0.1) is 5.92 Å². The summed E-state index contributed by atoms with van der Waals surface area (Å²) in [6.07, 6.45) is -0.547. The van der Waals surface area contributed by atoms with E-state index in [4.69, 9.17) is 9.84 Å². The zero-order valence-electron chi connectivity index (χ0n) is 17.7. The van der Waals surface area contributed by atoms with Crippen LogP contribution >= 0.6 is 22.7 Å². The van der Waals surface area contributed by atoms with E-state index in [0.717, 1.165) is 11.3 Å². The molecule has 0 radical (unpaired) electrons. The number of aromatic nitrogens is 2. The van der Waals surface area contributed by atoms with Crippen LogP contribution in [0.25, 0.3) is 0 Å².